The lowest BCUT2D eigenvalue weighted by molar-refractivity contribution is -0.149. The molecule has 0 aliphatic heterocycles. The molecule has 0 bridgehead atoms. The molecule has 2 heteroatoms. The van der Waals surface area contributed by atoms with Gasteiger partial charge in [0.25, 0.3) is 0 Å². The average molecular weight is 196 g/mol. The van der Waals surface area contributed by atoms with Crippen LogP contribution in [0.5, 0.6) is 0 Å². The third-order valence-corrected chi connectivity index (χ3v) is 2.89. The fourth-order valence-corrected chi connectivity index (χ4v) is 2.22. The van der Waals surface area contributed by atoms with Crippen LogP contribution in [0.3, 0.4) is 0 Å². The Bertz CT molecular complexity index is 192. The van der Waals surface area contributed by atoms with Gasteiger partial charge in [-0.05, 0) is 18.8 Å². The van der Waals surface area contributed by atoms with E-state index in [2.05, 4.69) is 6.58 Å². The lowest BCUT2D eigenvalue weighted by atomic mass is 9.84. The summed E-state index contributed by atoms with van der Waals surface area (Å²) in [6.07, 6.45) is 9.01. The van der Waals surface area contributed by atoms with Crippen LogP contribution in [0.4, 0.5) is 0 Å². The normalized spacial score (nSPS) is 20.1. The lowest BCUT2D eigenvalue weighted by Crippen LogP contribution is -2.27. The molecule has 1 rings (SSSR count). The smallest absolute Gasteiger partial charge is 0.302 e. The number of carbonyl (C=O) groups is 1. The highest BCUT2D eigenvalue weighted by atomic mass is 16.5. The zero-order valence-electron chi connectivity index (χ0n) is 9.00. The molecule has 0 aromatic heterocycles. The van der Waals surface area contributed by atoms with Crippen LogP contribution < -0.4 is 0 Å². The Hall–Kier alpha value is -0.790. The quantitative estimate of drug-likeness (QED) is 0.510. The Balaban J connectivity index is 2.46. The Kier molecular flexibility index (Phi) is 4.71. The van der Waals surface area contributed by atoms with Crippen LogP contribution in [0.15, 0.2) is 12.7 Å². The summed E-state index contributed by atoms with van der Waals surface area (Å²) >= 11 is 0. The number of carbonyl (C=O) groups excluding carboxylic acids is 1. The van der Waals surface area contributed by atoms with Crippen LogP contribution in [0, 0.1) is 5.92 Å². The minimum atomic E-state index is -0.164. The molecule has 1 saturated carbocycles. The SMILES string of the molecule is C=CCC(OC(C)=O)C1CCCCC1. The van der Waals surface area contributed by atoms with Gasteiger partial charge in [-0.1, -0.05) is 25.3 Å². The zero-order valence-corrected chi connectivity index (χ0v) is 9.00. The summed E-state index contributed by atoms with van der Waals surface area (Å²) in [4.78, 5) is 10.9. The molecule has 0 amide bonds. The molecular formula is C12H20O2. The third kappa shape index (κ3) is 3.52. The molecule has 0 N–H and O–H groups in total. The standard InChI is InChI=1S/C12H20O2/c1-3-7-12(14-10(2)13)11-8-5-4-6-9-11/h3,11-12H,1,4-9H2,2H3. The van der Waals surface area contributed by atoms with Crippen molar-refractivity contribution in [2.24, 2.45) is 5.92 Å². The van der Waals surface area contributed by atoms with Crippen molar-refractivity contribution in [2.45, 2.75) is 51.6 Å². The summed E-state index contributed by atoms with van der Waals surface area (Å²) in [5.74, 6) is 0.396. The van der Waals surface area contributed by atoms with Gasteiger partial charge in [0.1, 0.15) is 6.10 Å². The molecule has 0 saturated heterocycles. The van der Waals surface area contributed by atoms with Gasteiger partial charge in [-0.25, -0.2) is 0 Å². The maximum absolute atomic E-state index is 10.9. The Morgan fingerprint density at radius 1 is 1.50 bits per heavy atom. The van der Waals surface area contributed by atoms with Crippen LogP contribution in [0.1, 0.15) is 45.4 Å². The molecule has 1 atom stereocenters. The summed E-state index contributed by atoms with van der Waals surface area (Å²) in [5.41, 5.74) is 0. The van der Waals surface area contributed by atoms with E-state index >= 15 is 0 Å². The van der Waals surface area contributed by atoms with Gasteiger partial charge in [-0.3, -0.25) is 4.79 Å². The minimum Gasteiger partial charge on any atom is -0.462 e. The first-order valence-corrected chi connectivity index (χ1v) is 5.52. The van der Waals surface area contributed by atoms with Gasteiger partial charge in [0.15, 0.2) is 0 Å². The molecule has 1 aliphatic carbocycles. The first-order valence-electron chi connectivity index (χ1n) is 5.52. The predicted octanol–water partition coefficient (Wildman–Crippen LogP) is 3.07. The van der Waals surface area contributed by atoms with E-state index in [4.69, 9.17) is 4.74 Å². The van der Waals surface area contributed by atoms with Gasteiger partial charge in [0, 0.05) is 13.3 Å². The maximum Gasteiger partial charge on any atom is 0.302 e. The number of hydrogen-bond acceptors (Lipinski definition) is 2. The molecule has 0 heterocycles. The van der Waals surface area contributed by atoms with E-state index in [9.17, 15) is 4.79 Å². The molecule has 1 fully saturated rings. The van der Waals surface area contributed by atoms with E-state index in [0.29, 0.717) is 5.92 Å². The first kappa shape index (κ1) is 11.3. The van der Waals surface area contributed by atoms with Gasteiger partial charge in [-0.2, -0.15) is 0 Å². The maximum atomic E-state index is 10.9. The monoisotopic (exact) mass is 196 g/mol. The van der Waals surface area contributed by atoms with Crippen molar-refractivity contribution in [3.8, 4) is 0 Å². The molecule has 0 radical (unpaired) electrons. The molecule has 2 nitrogen and oxygen atoms in total. The Morgan fingerprint density at radius 3 is 2.64 bits per heavy atom. The molecule has 80 valence electrons. The fraction of sp³-hybridized carbons (Fsp3) is 0.750. The van der Waals surface area contributed by atoms with E-state index < -0.39 is 0 Å². The molecule has 0 aromatic rings. The van der Waals surface area contributed by atoms with Crippen molar-refractivity contribution < 1.29 is 9.53 Å². The average Bonchev–Trinajstić information content (AvgIpc) is 2.18. The van der Waals surface area contributed by atoms with Gasteiger partial charge in [0.05, 0.1) is 0 Å². The number of esters is 1. The number of ether oxygens (including phenoxy) is 1. The second-order valence-corrected chi connectivity index (χ2v) is 4.07. The van der Waals surface area contributed by atoms with Gasteiger partial charge in [0.2, 0.25) is 0 Å². The van der Waals surface area contributed by atoms with Crippen molar-refractivity contribution in [3.63, 3.8) is 0 Å². The minimum absolute atomic E-state index is 0.0744. The largest absolute Gasteiger partial charge is 0.462 e. The van der Waals surface area contributed by atoms with Crippen molar-refractivity contribution in [3.05, 3.63) is 12.7 Å². The van der Waals surface area contributed by atoms with E-state index in [0.717, 1.165) is 6.42 Å². The van der Waals surface area contributed by atoms with Gasteiger partial charge in [-0.15, -0.1) is 6.58 Å². The molecule has 14 heavy (non-hydrogen) atoms. The molecule has 0 aromatic carbocycles. The van der Waals surface area contributed by atoms with Crippen molar-refractivity contribution in [1.29, 1.82) is 0 Å². The summed E-state index contributed by atoms with van der Waals surface area (Å²) in [6, 6.07) is 0. The third-order valence-electron chi connectivity index (χ3n) is 2.89. The lowest BCUT2D eigenvalue weighted by Gasteiger charge is -2.28. The topological polar surface area (TPSA) is 26.3 Å². The highest BCUT2D eigenvalue weighted by Gasteiger charge is 2.24. The summed E-state index contributed by atoms with van der Waals surface area (Å²) in [6.45, 7) is 5.20. The molecular weight excluding hydrogens is 176 g/mol. The van der Waals surface area contributed by atoms with Crippen molar-refractivity contribution in [1.82, 2.24) is 0 Å². The summed E-state index contributed by atoms with van der Waals surface area (Å²) in [7, 11) is 0. The van der Waals surface area contributed by atoms with Crippen molar-refractivity contribution in [2.75, 3.05) is 0 Å². The van der Waals surface area contributed by atoms with E-state index in [-0.39, 0.29) is 12.1 Å². The zero-order chi connectivity index (χ0) is 10.4. The van der Waals surface area contributed by atoms with Crippen molar-refractivity contribution >= 4 is 5.97 Å². The number of hydrogen-bond donors (Lipinski definition) is 0. The fourth-order valence-electron chi connectivity index (χ4n) is 2.22. The van der Waals surface area contributed by atoms with Crippen LogP contribution in [0.2, 0.25) is 0 Å². The van der Waals surface area contributed by atoms with Gasteiger partial charge >= 0.3 is 5.97 Å². The molecule has 1 unspecified atom stereocenters. The second kappa shape index (κ2) is 5.84. The van der Waals surface area contributed by atoms with Crippen LogP contribution in [-0.4, -0.2) is 12.1 Å². The Labute approximate surface area is 86.3 Å². The van der Waals surface area contributed by atoms with E-state index in [1.54, 1.807) is 0 Å². The Morgan fingerprint density at radius 2 is 2.14 bits per heavy atom. The van der Waals surface area contributed by atoms with Crippen LogP contribution in [-0.2, 0) is 9.53 Å². The highest BCUT2D eigenvalue weighted by molar-refractivity contribution is 5.66. The first-order chi connectivity index (χ1) is 6.74. The summed E-state index contributed by atoms with van der Waals surface area (Å²) in [5, 5.41) is 0. The van der Waals surface area contributed by atoms with E-state index in [1.807, 2.05) is 6.08 Å². The predicted molar refractivity (Wildman–Crippen MR) is 56.9 cm³/mol. The number of rotatable bonds is 4. The second-order valence-electron chi connectivity index (χ2n) is 4.07. The molecule has 1 aliphatic rings. The molecule has 0 spiro atoms. The van der Waals surface area contributed by atoms with Gasteiger partial charge < -0.3 is 4.74 Å². The van der Waals surface area contributed by atoms with E-state index in [1.165, 1.54) is 39.0 Å². The summed E-state index contributed by atoms with van der Waals surface area (Å²) < 4.78 is 5.32. The van der Waals surface area contributed by atoms with Crippen LogP contribution >= 0.6 is 0 Å². The van der Waals surface area contributed by atoms with Crippen LogP contribution in [0.25, 0.3) is 0 Å². The highest BCUT2D eigenvalue weighted by Crippen LogP contribution is 2.29.